The molecule has 2 bridgehead atoms. The fourth-order valence-corrected chi connectivity index (χ4v) is 3.69. The summed E-state index contributed by atoms with van der Waals surface area (Å²) < 4.78 is 5.90. The lowest BCUT2D eigenvalue weighted by Crippen LogP contribution is -2.56. The molecule has 5 atom stereocenters. The van der Waals surface area contributed by atoms with Crippen LogP contribution in [0.5, 0.6) is 0 Å². The summed E-state index contributed by atoms with van der Waals surface area (Å²) >= 11 is 0. The van der Waals surface area contributed by atoms with Crippen LogP contribution < -0.4 is 0 Å². The van der Waals surface area contributed by atoms with E-state index in [1.54, 1.807) is 13.8 Å². The summed E-state index contributed by atoms with van der Waals surface area (Å²) in [7, 11) is 0. The van der Waals surface area contributed by atoms with E-state index >= 15 is 0 Å². The van der Waals surface area contributed by atoms with E-state index in [-0.39, 0.29) is 23.8 Å². The average Bonchev–Trinajstić information content (AvgIpc) is 2.65. The number of fused-ring (bicyclic) bond motifs is 2. The predicted octanol–water partition coefficient (Wildman–Crippen LogP) is 1.98. The van der Waals surface area contributed by atoms with Gasteiger partial charge in [0.25, 0.3) is 0 Å². The van der Waals surface area contributed by atoms with Gasteiger partial charge in [0.05, 0.1) is 23.0 Å². The minimum absolute atomic E-state index is 0.0734. The third-order valence-electron chi connectivity index (χ3n) is 5.17. The lowest BCUT2D eigenvalue weighted by atomic mass is 9.52. The van der Waals surface area contributed by atoms with Gasteiger partial charge in [-0.2, -0.15) is 0 Å². The number of Topliss-reactive ketones (excluding diaryl/α,β-unsaturated/α-hetero) is 2. The van der Waals surface area contributed by atoms with Crippen LogP contribution in [0.1, 0.15) is 41.0 Å². The van der Waals surface area contributed by atoms with Crippen molar-refractivity contribution in [1.29, 1.82) is 0 Å². The van der Waals surface area contributed by atoms with E-state index in [4.69, 9.17) is 4.74 Å². The highest BCUT2D eigenvalue weighted by Crippen LogP contribution is 2.61. The minimum atomic E-state index is -0.652. The number of hydrogen-bond acceptors (Lipinski definition) is 3. The molecular formula is C13H20O3. The largest absolute Gasteiger partial charge is 0.373 e. The second-order valence-corrected chi connectivity index (χ2v) is 5.78. The molecule has 5 unspecified atom stereocenters. The Morgan fingerprint density at radius 3 is 2.06 bits per heavy atom. The number of carbonyl (C=O) groups excluding carboxylic acids is 2. The van der Waals surface area contributed by atoms with E-state index in [9.17, 15) is 9.59 Å². The van der Waals surface area contributed by atoms with E-state index in [0.29, 0.717) is 5.92 Å². The molecule has 0 aromatic carbocycles. The lowest BCUT2D eigenvalue weighted by Gasteiger charge is -2.45. The van der Waals surface area contributed by atoms with Crippen LogP contribution >= 0.6 is 0 Å². The van der Waals surface area contributed by atoms with Crippen LogP contribution in [0, 0.1) is 16.7 Å². The van der Waals surface area contributed by atoms with Crippen molar-refractivity contribution in [2.24, 2.45) is 16.7 Å². The number of ether oxygens (including phenoxy) is 1. The Morgan fingerprint density at radius 1 is 1.12 bits per heavy atom. The van der Waals surface area contributed by atoms with Gasteiger partial charge < -0.3 is 4.74 Å². The average molecular weight is 224 g/mol. The molecule has 0 radical (unpaired) electrons. The fraction of sp³-hybridized carbons (Fsp3) is 0.846. The summed E-state index contributed by atoms with van der Waals surface area (Å²) in [5, 5.41) is 0. The van der Waals surface area contributed by atoms with Crippen LogP contribution in [0.4, 0.5) is 0 Å². The van der Waals surface area contributed by atoms with Crippen LogP contribution in [0.25, 0.3) is 0 Å². The van der Waals surface area contributed by atoms with Crippen molar-refractivity contribution >= 4 is 11.6 Å². The molecule has 0 amide bonds. The van der Waals surface area contributed by atoms with Gasteiger partial charge in [-0.1, -0.05) is 6.92 Å². The monoisotopic (exact) mass is 224 g/mol. The van der Waals surface area contributed by atoms with Crippen molar-refractivity contribution < 1.29 is 14.3 Å². The number of ketones is 2. The zero-order valence-electron chi connectivity index (χ0n) is 10.7. The molecule has 0 aromatic heterocycles. The van der Waals surface area contributed by atoms with Crippen LogP contribution in [-0.4, -0.2) is 23.8 Å². The maximum atomic E-state index is 12.0. The van der Waals surface area contributed by atoms with Gasteiger partial charge >= 0.3 is 0 Å². The van der Waals surface area contributed by atoms with Crippen LogP contribution in [-0.2, 0) is 14.3 Å². The molecule has 0 spiro atoms. The number of rotatable bonds is 2. The molecule has 0 N–H and O–H groups in total. The van der Waals surface area contributed by atoms with Gasteiger partial charge in [0, 0.05) is 0 Å². The van der Waals surface area contributed by atoms with Crippen molar-refractivity contribution in [1.82, 2.24) is 0 Å². The van der Waals surface area contributed by atoms with E-state index in [0.717, 1.165) is 6.42 Å². The highest BCUT2D eigenvalue weighted by Gasteiger charge is 2.70. The normalized spacial score (nSPS) is 50.7. The molecule has 16 heavy (non-hydrogen) atoms. The molecule has 2 saturated heterocycles. The van der Waals surface area contributed by atoms with E-state index in [2.05, 4.69) is 6.92 Å². The summed E-state index contributed by atoms with van der Waals surface area (Å²) in [6.45, 7) is 9.06. The maximum Gasteiger partial charge on any atom is 0.139 e. The molecular weight excluding hydrogens is 204 g/mol. The van der Waals surface area contributed by atoms with Gasteiger partial charge in [0.15, 0.2) is 0 Å². The molecule has 0 aliphatic carbocycles. The highest BCUT2D eigenvalue weighted by atomic mass is 16.5. The zero-order chi connectivity index (χ0) is 12.3. The first-order valence-electron chi connectivity index (χ1n) is 5.93. The first-order valence-corrected chi connectivity index (χ1v) is 5.93. The van der Waals surface area contributed by atoms with E-state index in [1.165, 1.54) is 0 Å². The summed E-state index contributed by atoms with van der Waals surface area (Å²) in [6.07, 6.45) is 0.715. The van der Waals surface area contributed by atoms with Gasteiger partial charge in [-0.25, -0.2) is 0 Å². The number of hydrogen-bond donors (Lipinski definition) is 0. The zero-order valence-corrected chi connectivity index (χ0v) is 10.7. The van der Waals surface area contributed by atoms with Crippen molar-refractivity contribution in [2.45, 2.75) is 53.2 Å². The molecule has 0 saturated carbocycles. The molecule has 0 aromatic rings. The third kappa shape index (κ3) is 1.03. The van der Waals surface area contributed by atoms with Crippen LogP contribution in [0.15, 0.2) is 0 Å². The Morgan fingerprint density at radius 2 is 1.62 bits per heavy atom. The Bertz CT molecular complexity index is 362. The Labute approximate surface area is 96.5 Å². The van der Waals surface area contributed by atoms with Gasteiger partial charge in [-0.15, -0.1) is 0 Å². The van der Waals surface area contributed by atoms with Gasteiger partial charge in [0.2, 0.25) is 0 Å². The first-order chi connectivity index (χ1) is 7.26. The SMILES string of the molecule is CC(=O)C1(C)C2CC(C)C(O2)C1(C)C(C)=O. The number of carbonyl (C=O) groups is 2. The van der Waals surface area contributed by atoms with Crippen molar-refractivity contribution in [2.75, 3.05) is 0 Å². The molecule has 2 heterocycles. The summed E-state index contributed by atoms with van der Waals surface area (Å²) in [4.78, 5) is 23.9. The van der Waals surface area contributed by atoms with Gasteiger partial charge in [-0.3, -0.25) is 9.59 Å². The molecule has 90 valence electrons. The topological polar surface area (TPSA) is 43.4 Å². The third-order valence-corrected chi connectivity index (χ3v) is 5.17. The van der Waals surface area contributed by atoms with Crippen LogP contribution in [0.2, 0.25) is 0 Å². The van der Waals surface area contributed by atoms with Crippen molar-refractivity contribution in [3.05, 3.63) is 0 Å². The van der Waals surface area contributed by atoms with Crippen molar-refractivity contribution in [3.63, 3.8) is 0 Å². The fourth-order valence-electron chi connectivity index (χ4n) is 3.69. The van der Waals surface area contributed by atoms with E-state index in [1.807, 2.05) is 13.8 Å². The Kier molecular flexibility index (Phi) is 2.32. The van der Waals surface area contributed by atoms with Crippen molar-refractivity contribution in [3.8, 4) is 0 Å². The standard InChI is InChI=1S/C13H20O3/c1-7-6-10-12(4,8(2)14)13(5,9(3)15)11(7)16-10/h7,10-11H,6H2,1-5H3. The Balaban J connectivity index is 2.55. The second kappa shape index (κ2) is 3.16. The predicted molar refractivity (Wildman–Crippen MR) is 60.0 cm³/mol. The highest BCUT2D eigenvalue weighted by molar-refractivity contribution is 5.95. The minimum Gasteiger partial charge on any atom is -0.373 e. The van der Waals surface area contributed by atoms with Gasteiger partial charge in [-0.05, 0) is 40.0 Å². The maximum absolute atomic E-state index is 12.0. The quantitative estimate of drug-likeness (QED) is 0.720. The van der Waals surface area contributed by atoms with Crippen LogP contribution in [0.3, 0.4) is 0 Å². The lowest BCUT2D eigenvalue weighted by molar-refractivity contribution is -0.146. The molecule has 2 rings (SSSR count). The van der Waals surface area contributed by atoms with E-state index < -0.39 is 10.8 Å². The molecule has 2 aliphatic heterocycles. The first kappa shape index (κ1) is 11.8. The second-order valence-electron chi connectivity index (χ2n) is 5.78. The molecule has 3 nitrogen and oxygen atoms in total. The summed E-state index contributed by atoms with van der Waals surface area (Å²) in [6, 6.07) is 0. The summed E-state index contributed by atoms with van der Waals surface area (Å²) in [5.74, 6) is 0.514. The molecule has 2 aliphatic rings. The Hall–Kier alpha value is -0.700. The molecule has 2 fully saturated rings. The van der Waals surface area contributed by atoms with Gasteiger partial charge in [0.1, 0.15) is 11.6 Å². The molecule has 3 heteroatoms. The smallest absolute Gasteiger partial charge is 0.139 e. The summed E-state index contributed by atoms with van der Waals surface area (Å²) in [5.41, 5.74) is -1.29.